The standard InChI is InChI=1S/C15H18ClNO2/c16-13-5-3-12(4-6-13)14-10-17(7-8-19-14)15(18)9-11-1-2-11/h3-6,11,14H,1-2,7-10H2/t14-/m1/s1. The highest BCUT2D eigenvalue weighted by atomic mass is 35.5. The Morgan fingerprint density at radius 3 is 2.74 bits per heavy atom. The molecule has 3 nitrogen and oxygen atoms in total. The molecule has 1 aliphatic carbocycles. The topological polar surface area (TPSA) is 29.5 Å². The Morgan fingerprint density at radius 2 is 2.05 bits per heavy atom. The van der Waals surface area contributed by atoms with Gasteiger partial charge in [0, 0.05) is 18.0 Å². The summed E-state index contributed by atoms with van der Waals surface area (Å²) in [6, 6.07) is 7.68. The van der Waals surface area contributed by atoms with Crippen LogP contribution in [0.25, 0.3) is 0 Å². The zero-order chi connectivity index (χ0) is 13.2. The molecule has 1 aromatic rings. The zero-order valence-electron chi connectivity index (χ0n) is 10.8. The van der Waals surface area contributed by atoms with Gasteiger partial charge in [0.05, 0.1) is 13.2 Å². The molecule has 1 saturated carbocycles. The summed E-state index contributed by atoms with van der Waals surface area (Å²) in [7, 11) is 0. The quantitative estimate of drug-likeness (QED) is 0.851. The molecule has 1 heterocycles. The van der Waals surface area contributed by atoms with Crippen LogP contribution in [0.4, 0.5) is 0 Å². The van der Waals surface area contributed by atoms with Gasteiger partial charge < -0.3 is 9.64 Å². The van der Waals surface area contributed by atoms with Crippen LogP contribution in [0, 0.1) is 5.92 Å². The second-order valence-corrected chi connectivity index (χ2v) is 5.83. The number of morpholine rings is 1. The molecule has 1 aliphatic heterocycles. The maximum atomic E-state index is 12.1. The molecule has 0 spiro atoms. The third-order valence-electron chi connectivity index (χ3n) is 3.82. The smallest absolute Gasteiger partial charge is 0.223 e. The van der Waals surface area contributed by atoms with E-state index >= 15 is 0 Å². The Kier molecular flexibility index (Phi) is 3.76. The fraction of sp³-hybridized carbons (Fsp3) is 0.533. The predicted octanol–water partition coefficient (Wildman–Crippen LogP) is 3.04. The summed E-state index contributed by atoms with van der Waals surface area (Å²) in [4.78, 5) is 14.1. The summed E-state index contributed by atoms with van der Waals surface area (Å²) < 4.78 is 5.77. The molecule has 19 heavy (non-hydrogen) atoms. The van der Waals surface area contributed by atoms with Crippen molar-refractivity contribution in [3.8, 4) is 0 Å². The first-order chi connectivity index (χ1) is 9.22. The number of halogens is 1. The highest BCUT2D eigenvalue weighted by Crippen LogP contribution is 2.33. The molecule has 1 amide bonds. The van der Waals surface area contributed by atoms with Gasteiger partial charge in [0.1, 0.15) is 6.10 Å². The van der Waals surface area contributed by atoms with Crippen LogP contribution in [-0.2, 0) is 9.53 Å². The van der Waals surface area contributed by atoms with E-state index in [2.05, 4.69) is 0 Å². The van der Waals surface area contributed by atoms with Gasteiger partial charge in [-0.05, 0) is 36.5 Å². The van der Waals surface area contributed by atoms with E-state index in [1.807, 2.05) is 29.2 Å². The van der Waals surface area contributed by atoms with E-state index in [1.165, 1.54) is 12.8 Å². The number of hydrogen-bond acceptors (Lipinski definition) is 2. The molecule has 0 bridgehead atoms. The van der Waals surface area contributed by atoms with E-state index in [9.17, 15) is 4.79 Å². The van der Waals surface area contributed by atoms with Crippen LogP contribution < -0.4 is 0 Å². The van der Waals surface area contributed by atoms with Crippen LogP contribution in [0.2, 0.25) is 5.02 Å². The van der Waals surface area contributed by atoms with Crippen molar-refractivity contribution in [2.75, 3.05) is 19.7 Å². The van der Waals surface area contributed by atoms with Crippen molar-refractivity contribution in [3.63, 3.8) is 0 Å². The summed E-state index contributed by atoms with van der Waals surface area (Å²) in [5.74, 6) is 0.925. The molecule has 1 aromatic carbocycles. The average Bonchev–Trinajstić information content (AvgIpc) is 3.24. The highest BCUT2D eigenvalue weighted by molar-refractivity contribution is 6.30. The fourth-order valence-corrected chi connectivity index (χ4v) is 2.58. The molecule has 0 unspecified atom stereocenters. The first-order valence-electron chi connectivity index (χ1n) is 6.87. The Labute approximate surface area is 118 Å². The van der Waals surface area contributed by atoms with Crippen LogP contribution in [0.5, 0.6) is 0 Å². The number of benzene rings is 1. The number of nitrogens with zero attached hydrogens (tertiary/aromatic N) is 1. The summed E-state index contributed by atoms with van der Waals surface area (Å²) in [6.45, 7) is 1.99. The molecule has 1 atom stereocenters. The maximum absolute atomic E-state index is 12.1. The van der Waals surface area contributed by atoms with Crippen molar-refractivity contribution < 1.29 is 9.53 Å². The van der Waals surface area contributed by atoms with Crippen molar-refractivity contribution in [1.82, 2.24) is 4.90 Å². The third kappa shape index (κ3) is 3.28. The summed E-state index contributed by atoms with van der Waals surface area (Å²) in [5.41, 5.74) is 1.09. The highest BCUT2D eigenvalue weighted by Gasteiger charge is 2.30. The van der Waals surface area contributed by atoms with Crippen LogP contribution in [0.1, 0.15) is 30.9 Å². The Hall–Kier alpha value is -1.06. The van der Waals surface area contributed by atoms with Crippen LogP contribution >= 0.6 is 11.6 Å². The molecule has 0 aromatic heterocycles. The Balaban J connectivity index is 1.63. The third-order valence-corrected chi connectivity index (χ3v) is 4.07. The minimum Gasteiger partial charge on any atom is -0.370 e. The molecule has 0 N–H and O–H groups in total. The van der Waals surface area contributed by atoms with Crippen LogP contribution in [0.3, 0.4) is 0 Å². The van der Waals surface area contributed by atoms with Gasteiger partial charge in [-0.3, -0.25) is 4.79 Å². The van der Waals surface area contributed by atoms with Gasteiger partial charge in [-0.25, -0.2) is 0 Å². The lowest BCUT2D eigenvalue weighted by molar-refractivity contribution is -0.139. The fourth-order valence-electron chi connectivity index (χ4n) is 2.45. The van der Waals surface area contributed by atoms with Crippen molar-refractivity contribution in [3.05, 3.63) is 34.9 Å². The first-order valence-corrected chi connectivity index (χ1v) is 7.25. The van der Waals surface area contributed by atoms with Gasteiger partial charge in [0.2, 0.25) is 5.91 Å². The SMILES string of the molecule is O=C(CC1CC1)N1CCO[C@@H](c2ccc(Cl)cc2)C1. The number of hydrogen-bond donors (Lipinski definition) is 0. The normalized spacial score (nSPS) is 23.4. The number of ether oxygens (including phenoxy) is 1. The zero-order valence-corrected chi connectivity index (χ0v) is 11.6. The maximum Gasteiger partial charge on any atom is 0.223 e. The number of carbonyl (C=O) groups excluding carboxylic acids is 1. The molecule has 4 heteroatoms. The average molecular weight is 280 g/mol. The van der Waals surface area contributed by atoms with Crippen molar-refractivity contribution >= 4 is 17.5 Å². The van der Waals surface area contributed by atoms with E-state index in [1.54, 1.807) is 0 Å². The lowest BCUT2D eigenvalue weighted by Gasteiger charge is -2.33. The van der Waals surface area contributed by atoms with Gasteiger partial charge in [-0.2, -0.15) is 0 Å². The Morgan fingerprint density at radius 1 is 1.32 bits per heavy atom. The molecule has 2 fully saturated rings. The molecular formula is C15H18ClNO2. The molecule has 0 radical (unpaired) electrons. The molecule has 3 rings (SSSR count). The van der Waals surface area contributed by atoms with E-state index in [4.69, 9.17) is 16.3 Å². The predicted molar refractivity (Wildman–Crippen MR) is 74.1 cm³/mol. The van der Waals surface area contributed by atoms with Gasteiger partial charge in [0.15, 0.2) is 0 Å². The van der Waals surface area contributed by atoms with E-state index < -0.39 is 0 Å². The van der Waals surface area contributed by atoms with E-state index in [0.29, 0.717) is 25.5 Å². The summed E-state index contributed by atoms with van der Waals surface area (Å²) in [6.07, 6.45) is 3.13. The van der Waals surface area contributed by atoms with Crippen molar-refractivity contribution in [1.29, 1.82) is 0 Å². The lowest BCUT2D eigenvalue weighted by atomic mass is 10.1. The van der Waals surface area contributed by atoms with Gasteiger partial charge in [-0.1, -0.05) is 23.7 Å². The van der Waals surface area contributed by atoms with Gasteiger partial charge in [0.25, 0.3) is 0 Å². The van der Waals surface area contributed by atoms with Gasteiger partial charge in [-0.15, -0.1) is 0 Å². The van der Waals surface area contributed by atoms with Crippen LogP contribution in [-0.4, -0.2) is 30.5 Å². The molecular weight excluding hydrogens is 262 g/mol. The van der Waals surface area contributed by atoms with Crippen molar-refractivity contribution in [2.24, 2.45) is 5.92 Å². The second kappa shape index (κ2) is 5.51. The van der Waals surface area contributed by atoms with E-state index in [-0.39, 0.29) is 12.0 Å². The molecule has 102 valence electrons. The number of rotatable bonds is 3. The minimum atomic E-state index is -0.0193. The monoisotopic (exact) mass is 279 g/mol. The number of amides is 1. The van der Waals surface area contributed by atoms with Gasteiger partial charge >= 0.3 is 0 Å². The molecule has 2 aliphatic rings. The summed E-state index contributed by atoms with van der Waals surface area (Å²) >= 11 is 5.89. The lowest BCUT2D eigenvalue weighted by Crippen LogP contribution is -2.42. The molecule has 1 saturated heterocycles. The van der Waals surface area contributed by atoms with Crippen LogP contribution in [0.15, 0.2) is 24.3 Å². The Bertz CT molecular complexity index is 456. The van der Waals surface area contributed by atoms with E-state index in [0.717, 1.165) is 17.1 Å². The van der Waals surface area contributed by atoms with Crippen molar-refractivity contribution in [2.45, 2.75) is 25.4 Å². The number of carbonyl (C=O) groups is 1. The first kappa shape index (κ1) is 12.9. The second-order valence-electron chi connectivity index (χ2n) is 5.40. The summed E-state index contributed by atoms with van der Waals surface area (Å²) in [5, 5.41) is 0.723. The largest absolute Gasteiger partial charge is 0.370 e. The minimum absolute atomic E-state index is 0.0193.